The first-order valence-corrected chi connectivity index (χ1v) is 5.55. The number of ether oxygens (including phenoxy) is 1. The molecule has 0 radical (unpaired) electrons. The highest BCUT2D eigenvalue weighted by atomic mass is 16.5. The Morgan fingerprint density at radius 1 is 1.25 bits per heavy atom. The van der Waals surface area contributed by atoms with Crippen LogP contribution < -0.4 is 0 Å². The summed E-state index contributed by atoms with van der Waals surface area (Å²) in [5.41, 5.74) is 2.95. The van der Waals surface area contributed by atoms with E-state index in [9.17, 15) is 0 Å². The van der Waals surface area contributed by atoms with Gasteiger partial charge in [0.05, 0.1) is 5.71 Å². The summed E-state index contributed by atoms with van der Waals surface area (Å²) in [6.45, 7) is 2.80. The Labute approximate surface area is 96.7 Å². The molecule has 0 fully saturated rings. The summed E-state index contributed by atoms with van der Waals surface area (Å²) in [5.74, 6) is 0. The molecule has 0 heterocycles. The second-order valence-corrected chi connectivity index (χ2v) is 3.86. The lowest BCUT2D eigenvalue weighted by molar-refractivity contribution is 0.193. The first-order valence-electron chi connectivity index (χ1n) is 5.55. The van der Waals surface area contributed by atoms with Crippen LogP contribution in [0, 0.1) is 6.92 Å². The van der Waals surface area contributed by atoms with Crippen molar-refractivity contribution in [2.45, 2.75) is 26.2 Å². The maximum Gasteiger partial charge on any atom is 0.0867 e. The van der Waals surface area contributed by atoms with Crippen LogP contribution in [-0.2, 0) is 4.74 Å². The van der Waals surface area contributed by atoms with Gasteiger partial charge in [-0.05, 0) is 31.7 Å². The topological polar surface area (TPSA) is 41.8 Å². The fraction of sp³-hybridized carbons (Fsp3) is 0.462. The lowest BCUT2D eigenvalue weighted by atomic mass is 10.0. The lowest BCUT2D eigenvalue weighted by Crippen LogP contribution is -2.02. The van der Waals surface area contributed by atoms with Gasteiger partial charge in [-0.3, -0.25) is 0 Å². The molecular formula is C13H19NO2. The van der Waals surface area contributed by atoms with Crippen LogP contribution in [0.5, 0.6) is 0 Å². The highest BCUT2D eigenvalue weighted by Gasteiger charge is 2.03. The van der Waals surface area contributed by atoms with Crippen molar-refractivity contribution < 1.29 is 9.94 Å². The largest absolute Gasteiger partial charge is 0.411 e. The number of methoxy groups -OCH3 is 1. The van der Waals surface area contributed by atoms with Crippen molar-refractivity contribution >= 4 is 5.71 Å². The Morgan fingerprint density at radius 3 is 2.50 bits per heavy atom. The molecule has 0 aliphatic heterocycles. The van der Waals surface area contributed by atoms with Crippen molar-refractivity contribution in [1.82, 2.24) is 0 Å². The lowest BCUT2D eigenvalue weighted by Gasteiger charge is -2.05. The van der Waals surface area contributed by atoms with E-state index in [1.54, 1.807) is 7.11 Å². The molecule has 1 aromatic carbocycles. The van der Waals surface area contributed by atoms with Gasteiger partial charge in [0.25, 0.3) is 0 Å². The molecule has 0 unspecified atom stereocenters. The van der Waals surface area contributed by atoms with Crippen molar-refractivity contribution in [3.05, 3.63) is 35.4 Å². The van der Waals surface area contributed by atoms with Gasteiger partial charge in [-0.25, -0.2) is 0 Å². The molecule has 0 aromatic heterocycles. The SMILES string of the molecule is COCCCC/C(=N\O)c1ccc(C)cc1. The molecule has 0 bridgehead atoms. The van der Waals surface area contributed by atoms with Crippen molar-refractivity contribution in [2.24, 2.45) is 5.16 Å². The molecule has 0 saturated heterocycles. The van der Waals surface area contributed by atoms with Crippen molar-refractivity contribution in [2.75, 3.05) is 13.7 Å². The normalized spacial score (nSPS) is 11.8. The molecule has 0 aliphatic rings. The maximum atomic E-state index is 8.96. The number of unbranched alkanes of at least 4 members (excludes halogenated alkanes) is 1. The molecule has 1 aromatic rings. The van der Waals surface area contributed by atoms with Crippen molar-refractivity contribution in [3.8, 4) is 0 Å². The van der Waals surface area contributed by atoms with E-state index in [1.165, 1.54) is 5.56 Å². The molecule has 3 nitrogen and oxygen atoms in total. The first kappa shape index (κ1) is 12.7. The molecule has 0 aliphatic carbocycles. The van der Waals surface area contributed by atoms with Crippen LogP contribution in [0.25, 0.3) is 0 Å². The van der Waals surface area contributed by atoms with E-state index in [0.717, 1.165) is 37.1 Å². The summed E-state index contributed by atoms with van der Waals surface area (Å²) >= 11 is 0. The Morgan fingerprint density at radius 2 is 1.94 bits per heavy atom. The average Bonchev–Trinajstić information content (AvgIpc) is 2.31. The number of benzene rings is 1. The van der Waals surface area contributed by atoms with Gasteiger partial charge in [-0.1, -0.05) is 35.0 Å². The predicted octanol–water partition coefficient (Wildman–Crippen LogP) is 2.99. The fourth-order valence-corrected chi connectivity index (χ4v) is 1.54. The summed E-state index contributed by atoms with van der Waals surface area (Å²) in [7, 11) is 1.70. The minimum absolute atomic E-state index is 0.746. The fourth-order valence-electron chi connectivity index (χ4n) is 1.54. The Hall–Kier alpha value is -1.35. The Kier molecular flexibility index (Phi) is 5.57. The second-order valence-electron chi connectivity index (χ2n) is 3.86. The van der Waals surface area contributed by atoms with Crippen LogP contribution in [0.15, 0.2) is 29.4 Å². The molecular weight excluding hydrogens is 202 g/mol. The molecule has 88 valence electrons. The summed E-state index contributed by atoms with van der Waals surface area (Å²) in [4.78, 5) is 0. The third-order valence-corrected chi connectivity index (χ3v) is 2.52. The number of nitrogens with zero attached hydrogens (tertiary/aromatic N) is 1. The van der Waals surface area contributed by atoms with E-state index < -0.39 is 0 Å². The molecule has 0 amide bonds. The average molecular weight is 221 g/mol. The van der Waals surface area contributed by atoms with Crippen molar-refractivity contribution in [1.29, 1.82) is 0 Å². The van der Waals surface area contributed by atoms with Crippen LogP contribution in [0.4, 0.5) is 0 Å². The minimum atomic E-state index is 0.746. The molecule has 1 N–H and O–H groups in total. The number of hydrogen-bond donors (Lipinski definition) is 1. The van der Waals surface area contributed by atoms with Gasteiger partial charge in [0.2, 0.25) is 0 Å². The van der Waals surface area contributed by atoms with Gasteiger partial charge >= 0.3 is 0 Å². The Balaban J connectivity index is 2.51. The van der Waals surface area contributed by atoms with Crippen LogP contribution in [-0.4, -0.2) is 24.6 Å². The summed E-state index contributed by atoms with van der Waals surface area (Å²) in [6, 6.07) is 8.02. The van der Waals surface area contributed by atoms with Crippen LogP contribution in [0.1, 0.15) is 30.4 Å². The molecule has 0 spiro atoms. The van der Waals surface area contributed by atoms with E-state index in [1.807, 2.05) is 31.2 Å². The number of oxime groups is 1. The van der Waals surface area contributed by atoms with Crippen LogP contribution in [0.2, 0.25) is 0 Å². The smallest absolute Gasteiger partial charge is 0.0867 e. The maximum absolute atomic E-state index is 8.96. The van der Waals surface area contributed by atoms with E-state index in [2.05, 4.69) is 5.16 Å². The quantitative estimate of drug-likeness (QED) is 0.347. The van der Waals surface area contributed by atoms with Gasteiger partial charge < -0.3 is 9.94 Å². The Bertz CT molecular complexity index is 330. The van der Waals surface area contributed by atoms with Crippen LogP contribution in [0.3, 0.4) is 0 Å². The number of aryl methyl sites for hydroxylation is 1. The standard InChI is InChI=1S/C13H19NO2/c1-11-6-8-12(9-7-11)13(14-15)5-3-4-10-16-2/h6-9,15H,3-5,10H2,1-2H3/b14-13+. The van der Waals surface area contributed by atoms with E-state index >= 15 is 0 Å². The van der Waals surface area contributed by atoms with Gasteiger partial charge in [-0.15, -0.1) is 0 Å². The van der Waals surface area contributed by atoms with E-state index in [-0.39, 0.29) is 0 Å². The minimum Gasteiger partial charge on any atom is -0.411 e. The molecule has 3 heteroatoms. The monoisotopic (exact) mass is 221 g/mol. The summed E-state index contributed by atoms with van der Waals surface area (Å²) < 4.78 is 4.98. The number of rotatable bonds is 6. The van der Waals surface area contributed by atoms with Gasteiger partial charge in [-0.2, -0.15) is 0 Å². The zero-order valence-electron chi connectivity index (χ0n) is 9.94. The molecule has 0 saturated carbocycles. The van der Waals surface area contributed by atoms with Gasteiger partial charge in [0.15, 0.2) is 0 Å². The van der Waals surface area contributed by atoms with Gasteiger partial charge in [0, 0.05) is 13.7 Å². The zero-order chi connectivity index (χ0) is 11.8. The first-order chi connectivity index (χ1) is 7.77. The van der Waals surface area contributed by atoms with Crippen molar-refractivity contribution in [3.63, 3.8) is 0 Å². The van der Waals surface area contributed by atoms with E-state index in [0.29, 0.717) is 0 Å². The number of hydrogen-bond acceptors (Lipinski definition) is 3. The third-order valence-electron chi connectivity index (χ3n) is 2.52. The molecule has 16 heavy (non-hydrogen) atoms. The summed E-state index contributed by atoms with van der Waals surface area (Å²) in [6.07, 6.45) is 2.74. The molecule has 1 rings (SSSR count). The van der Waals surface area contributed by atoms with Gasteiger partial charge in [0.1, 0.15) is 0 Å². The third kappa shape index (κ3) is 4.03. The summed E-state index contributed by atoms with van der Waals surface area (Å²) in [5, 5.41) is 12.3. The molecule has 0 atom stereocenters. The van der Waals surface area contributed by atoms with E-state index in [4.69, 9.17) is 9.94 Å². The van der Waals surface area contributed by atoms with Crippen LogP contribution >= 0.6 is 0 Å². The highest BCUT2D eigenvalue weighted by molar-refractivity contribution is 6.00. The predicted molar refractivity (Wildman–Crippen MR) is 65.2 cm³/mol. The zero-order valence-corrected chi connectivity index (χ0v) is 9.94. The highest BCUT2D eigenvalue weighted by Crippen LogP contribution is 2.09. The second kappa shape index (κ2) is 7.01.